The van der Waals surface area contributed by atoms with E-state index in [0.29, 0.717) is 0 Å². The van der Waals surface area contributed by atoms with Gasteiger partial charge in [-0.2, -0.15) is 0 Å². The molecule has 2 heteroatoms. The van der Waals surface area contributed by atoms with Crippen LogP contribution in [0, 0.1) is 0 Å². The highest BCUT2D eigenvalue weighted by Crippen LogP contribution is 2.35. The maximum atomic E-state index is 5.87. The summed E-state index contributed by atoms with van der Waals surface area (Å²) >= 11 is 0. The Morgan fingerprint density at radius 1 is 0.481 bits per heavy atom. The first-order valence-electron chi connectivity index (χ1n) is 9.08. The summed E-state index contributed by atoms with van der Waals surface area (Å²) in [5.74, 6) is 0. The van der Waals surface area contributed by atoms with Crippen molar-refractivity contribution in [2.45, 2.75) is 6.42 Å². The second kappa shape index (κ2) is 7.38. The van der Waals surface area contributed by atoms with Crippen LogP contribution in [0.15, 0.2) is 97.1 Å². The van der Waals surface area contributed by atoms with E-state index in [2.05, 4.69) is 72.8 Å². The van der Waals surface area contributed by atoms with Crippen LogP contribution in [-0.2, 0) is 6.42 Å². The number of anilines is 2. The van der Waals surface area contributed by atoms with Gasteiger partial charge in [0.05, 0.1) is 0 Å². The summed E-state index contributed by atoms with van der Waals surface area (Å²) in [5, 5.41) is 0. The molecular formula is C25H22N2. The number of benzene rings is 4. The molecule has 0 fully saturated rings. The summed E-state index contributed by atoms with van der Waals surface area (Å²) < 4.78 is 0. The first-order valence-corrected chi connectivity index (χ1v) is 9.08. The molecule has 0 aliphatic carbocycles. The third kappa shape index (κ3) is 3.70. The monoisotopic (exact) mass is 350 g/mol. The van der Waals surface area contributed by atoms with E-state index >= 15 is 0 Å². The molecule has 0 bridgehead atoms. The highest BCUT2D eigenvalue weighted by Gasteiger charge is 2.11. The molecule has 0 aliphatic heterocycles. The first-order chi connectivity index (χ1) is 13.2. The van der Waals surface area contributed by atoms with Crippen molar-refractivity contribution in [3.05, 3.63) is 108 Å². The molecule has 0 saturated heterocycles. The molecule has 0 spiro atoms. The van der Waals surface area contributed by atoms with Crippen molar-refractivity contribution in [1.82, 2.24) is 0 Å². The van der Waals surface area contributed by atoms with Gasteiger partial charge < -0.3 is 11.5 Å². The lowest BCUT2D eigenvalue weighted by Gasteiger charge is -2.15. The van der Waals surface area contributed by atoms with E-state index in [9.17, 15) is 0 Å². The van der Waals surface area contributed by atoms with Crippen LogP contribution in [0.1, 0.15) is 11.1 Å². The third-order valence-corrected chi connectivity index (χ3v) is 4.83. The molecule has 132 valence electrons. The van der Waals surface area contributed by atoms with Gasteiger partial charge in [0.25, 0.3) is 0 Å². The topological polar surface area (TPSA) is 52.0 Å². The summed E-state index contributed by atoms with van der Waals surface area (Å²) in [4.78, 5) is 0. The highest BCUT2D eigenvalue weighted by molar-refractivity contribution is 5.85. The maximum absolute atomic E-state index is 5.87. The molecule has 2 nitrogen and oxygen atoms in total. The number of nitrogen functional groups attached to an aromatic ring is 2. The predicted octanol–water partition coefficient (Wildman–Crippen LogP) is 5.78. The zero-order valence-electron chi connectivity index (χ0n) is 15.1. The Labute approximate surface area is 160 Å². The van der Waals surface area contributed by atoms with Crippen LogP contribution in [0.3, 0.4) is 0 Å². The molecule has 0 heterocycles. The van der Waals surface area contributed by atoms with Crippen molar-refractivity contribution in [2.24, 2.45) is 0 Å². The van der Waals surface area contributed by atoms with Crippen molar-refractivity contribution >= 4 is 11.4 Å². The number of hydrogen-bond donors (Lipinski definition) is 2. The van der Waals surface area contributed by atoms with E-state index in [1.807, 2.05) is 24.3 Å². The van der Waals surface area contributed by atoms with Gasteiger partial charge in [-0.1, -0.05) is 72.8 Å². The minimum atomic E-state index is 0.778. The smallest absolute Gasteiger partial charge is 0.0314 e. The summed E-state index contributed by atoms with van der Waals surface area (Å²) in [6.07, 6.45) is 0.868. The molecule has 0 saturated carbocycles. The van der Waals surface area contributed by atoms with Gasteiger partial charge in [-0.25, -0.2) is 0 Å². The molecule has 27 heavy (non-hydrogen) atoms. The Kier molecular flexibility index (Phi) is 4.63. The average Bonchev–Trinajstić information content (AvgIpc) is 2.71. The Bertz CT molecular complexity index is 1050. The van der Waals surface area contributed by atoms with E-state index in [4.69, 9.17) is 11.5 Å². The second-order valence-corrected chi connectivity index (χ2v) is 6.74. The van der Waals surface area contributed by atoms with Gasteiger partial charge in [-0.15, -0.1) is 0 Å². The lowest BCUT2D eigenvalue weighted by atomic mass is 9.90. The van der Waals surface area contributed by atoms with E-state index in [-0.39, 0.29) is 0 Å². The highest BCUT2D eigenvalue weighted by atomic mass is 14.5. The fraction of sp³-hybridized carbons (Fsp3) is 0.0400. The zero-order valence-corrected chi connectivity index (χ0v) is 15.1. The van der Waals surface area contributed by atoms with Crippen LogP contribution in [-0.4, -0.2) is 0 Å². The normalized spacial score (nSPS) is 10.7. The minimum Gasteiger partial charge on any atom is -0.399 e. The van der Waals surface area contributed by atoms with Gasteiger partial charge in [-0.3, -0.25) is 0 Å². The van der Waals surface area contributed by atoms with Gasteiger partial charge in [0.2, 0.25) is 0 Å². The standard InChI is InChI=1S/C25H22N2/c26-21-13-9-18(10-14-21)17-20-5-1-2-7-24(20)25-8-4-3-6-23(25)19-11-15-22(27)16-12-19/h1-16H,17,26-27H2. The van der Waals surface area contributed by atoms with E-state index in [1.165, 1.54) is 33.4 Å². The molecule has 0 aliphatic rings. The van der Waals surface area contributed by atoms with E-state index in [1.54, 1.807) is 0 Å². The zero-order chi connectivity index (χ0) is 18.6. The molecule has 0 aromatic heterocycles. The Hall–Kier alpha value is -3.52. The quantitative estimate of drug-likeness (QED) is 0.459. The summed E-state index contributed by atoms with van der Waals surface area (Å²) in [6, 6.07) is 33.3. The molecule has 0 radical (unpaired) electrons. The van der Waals surface area contributed by atoms with Gasteiger partial charge >= 0.3 is 0 Å². The maximum Gasteiger partial charge on any atom is 0.0314 e. The predicted molar refractivity (Wildman–Crippen MR) is 115 cm³/mol. The Balaban J connectivity index is 1.78. The Morgan fingerprint density at radius 2 is 1.00 bits per heavy atom. The van der Waals surface area contributed by atoms with Gasteiger partial charge in [0.15, 0.2) is 0 Å². The van der Waals surface area contributed by atoms with Crippen LogP contribution in [0.4, 0.5) is 11.4 Å². The number of rotatable bonds is 4. The molecular weight excluding hydrogens is 328 g/mol. The van der Waals surface area contributed by atoms with E-state index in [0.717, 1.165) is 17.8 Å². The van der Waals surface area contributed by atoms with Gasteiger partial charge in [0.1, 0.15) is 0 Å². The van der Waals surface area contributed by atoms with Crippen molar-refractivity contribution in [2.75, 3.05) is 11.5 Å². The summed E-state index contributed by atoms with van der Waals surface area (Å²) in [7, 11) is 0. The molecule has 4 aromatic rings. The van der Waals surface area contributed by atoms with Gasteiger partial charge in [0, 0.05) is 11.4 Å². The molecule has 0 unspecified atom stereocenters. The van der Waals surface area contributed by atoms with Crippen LogP contribution in [0.5, 0.6) is 0 Å². The molecule has 0 amide bonds. The van der Waals surface area contributed by atoms with Crippen LogP contribution >= 0.6 is 0 Å². The van der Waals surface area contributed by atoms with Crippen LogP contribution < -0.4 is 11.5 Å². The van der Waals surface area contributed by atoms with Crippen molar-refractivity contribution < 1.29 is 0 Å². The molecule has 0 atom stereocenters. The largest absolute Gasteiger partial charge is 0.399 e. The van der Waals surface area contributed by atoms with Crippen LogP contribution in [0.2, 0.25) is 0 Å². The number of hydrogen-bond acceptors (Lipinski definition) is 2. The first kappa shape index (κ1) is 16.9. The lowest BCUT2D eigenvalue weighted by molar-refractivity contribution is 1.20. The molecule has 4 rings (SSSR count). The van der Waals surface area contributed by atoms with Crippen molar-refractivity contribution in [3.63, 3.8) is 0 Å². The van der Waals surface area contributed by atoms with Gasteiger partial charge in [-0.05, 0) is 64.1 Å². The summed E-state index contributed by atoms with van der Waals surface area (Å²) in [6.45, 7) is 0. The second-order valence-electron chi connectivity index (χ2n) is 6.74. The SMILES string of the molecule is Nc1ccc(Cc2ccccc2-c2ccccc2-c2ccc(N)cc2)cc1. The average molecular weight is 350 g/mol. The van der Waals surface area contributed by atoms with Crippen LogP contribution in [0.25, 0.3) is 22.3 Å². The lowest BCUT2D eigenvalue weighted by Crippen LogP contribution is -1.94. The molecule has 4 aromatic carbocycles. The number of nitrogens with two attached hydrogens (primary N) is 2. The fourth-order valence-corrected chi connectivity index (χ4v) is 3.43. The Morgan fingerprint density at radius 3 is 1.67 bits per heavy atom. The fourth-order valence-electron chi connectivity index (χ4n) is 3.43. The minimum absolute atomic E-state index is 0.778. The molecule has 4 N–H and O–H groups in total. The third-order valence-electron chi connectivity index (χ3n) is 4.83. The van der Waals surface area contributed by atoms with E-state index < -0.39 is 0 Å². The van der Waals surface area contributed by atoms with Crippen molar-refractivity contribution in [1.29, 1.82) is 0 Å². The van der Waals surface area contributed by atoms with Crippen molar-refractivity contribution in [3.8, 4) is 22.3 Å². The summed E-state index contributed by atoms with van der Waals surface area (Å²) in [5.41, 5.74) is 20.7.